The van der Waals surface area contributed by atoms with Gasteiger partial charge in [-0.15, -0.1) is 0 Å². The molecule has 1 N–H and O–H groups in total. The number of nitrogens with one attached hydrogen (secondary N) is 1. The Kier molecular flexibility index (Phi) is 11.9. The number of ether oxygens (including phenoxy) is 5. The lowest BCUT2D eigenvalue weighted by Gasteiger charge is -2.35. The molecule has 2 aromatic carbocycles. The van der Waals surface area contributed by atoms with Gasteiger partial charge in [0, 0.05) is 50.7 Å². The van der Waals surface area contributed by atoms with Gasteiger partial charge in [0.05, 0.1) is 39.5 Å². The summed E-state index contributed by atoms with van der Waals surface area (Å²) in [7, 11) is 4.67. The van der Waals surface area contributed by atoms with Gasteiger partial charge in [-0.05, 0) is 75.1 Å². The molecule has 2 aliphatic rings. The van der Waals surface area contributed by atoms with Crippen molar-refractivity contribution in [3.8, 4) is 34.4 Å². The van der Waals surface area contributed by atoms with Crippen molar-refractivity contribution in [3.63, 3.8) is 0 Å². The maximum absolute atomic E-state index is 14.5. The molecule has 1 saturated heterocycles. The molecule has 1 fully saturated rings. The van der Waals surface area contributed by atoms with E-state index in [0.717, 1.165) is 5.56 Å². The molecule has 4 heterocycles. The van der Waals surface area contributed by atoms with Gasteiger partial charge in [-0.25, -0.2) is 4.98 Å². The molecule has 2 aliphatic heterocycles. The van der Waals surface area contributed by atoms with Crippen LogP contribution in [-0.2, 0) is 20.9 Å². The van der Waals surface area contributed by atoms with Crippen LogP contribution in [-0.4, -0.2) is 104 Å². The maximum Gasteiger partial charge on any atom is 0.257 e. The number of aryl methyl sites for hydroxylation is 2. The van der Waals surface area contributed by atoms with Crippen molar-refractivity contribution in [2.24, 2.45) is 0 Å². The highest BCUT2D eigenvalue weighted by Crippen LogP contribution is 2.34. The maximum atomic E-state index is 14.5. The number of hydrogen-bond acceptors (Lipinski definition) is 10. The molecular formula is C39H47N5O9. The van der Waals surface area contributed by atoms with E-state index in [1.807, 2.05) is 40.8 Å². The van der Waals surface area contributed by atoms with E-state index in [-0.39, 0.29) is 24.3 Å². The standard InChI is InChI=1S/C39H47N5O9/c1-25-21-29(26(2)53-25)38(46)43-14-6-7-15-44(39(47)36-35(41-34(45)24-52-36)27-9-11-30(48-3)32(22-27)50-5)19-18-42-17-13-40-37(42)28-10-12-31(49-4)33(23-28)51-20-8-16-43/h9-13,17,21-23,35-36H,6-8,14-16,18-20,24H2,1-5H3,(H,41,45)/t35-,36+/m1/s1. The number of furan rings is 1. The second-order valence-electron chi connectivity index (χ2n) is 13.1. The first kappa shape index (κ1) is 37.3. The van der Waals surface area contributed by atoms with Crippen LogP contribution in [0.4, 0.5) is 0 Å². The lowest BCUT2D eigenvalue weighted by molar-refractivity contribution is -0.155. The first-order valence-corrected chi connectivity index (χ1v) is 17.8. The number of carbonyl (C=O) groups excluding carboxylic acids is 3. The lowest BCUT2D eigenvalue weighted by atomic mass is 9.98. The number of carbonyl (C=O) groups is 3. The number of aromatic nitrogens is 2. The van der Waals surface area contributed by atoms with Gasteiger partial charge in [0.2, 0.25) is 5.91 Å². The third kappa shape index (κ3) is 8.43. The van der Waals surface area contributed by atoms with Crippen LogP contribution in [0.5, 0.6) is 23.0 Å². The van der Waals surface area contributed by atoms with Gasteiger partial charge in [-0.3, -0.25) is 14.4 Å². The van der Waals surface area contributed by atoms with Gasteiger partial charge >= 0.3 is 0 Å². The van der Waals surface area contributed by atoms with E-state index < -0.39 is 12.1 Å². The Hall–Kier alpha value is -5.50. The van der Waals surface area contributed by atoms with Crippen LogP contribution >= 0.6 is 0 Å². The Morgan fingerprint density at radius 3 is 2.32 bits per heavy atom. The summed E-state index contributed by atoms with van der Waals surface area (Å²) in [5, 5.41) is 2.96. The average molecular weight is 730 g/mol. The Morgan fingerprint density at radius 2 is 1.58 bits per heavy atom. The summed E-state index contributed by atoms with van der Waals surface area (Å²) < 4.78 is 36.4. The zero-order valence-corrected chi connectivity index (χ0v) is 30.9. The molecule has 2 aromatic heterocycles. The molecule has 53 heavy (non-hydrogen) atoms. The lowest BCUT2D eigenvalue weighted by Crippen LogP contribution is -2.54. The highest BCUT2D eigenvalue weighted by Gasteiger charge is 2.39. The number of benzene rings is 2. The van der Waals surface area contributed by atoms with Crippen LogP contribution in [0.2, 0.25) is 0 Å². The number of nitrogens with zero attached hydrogens (tertiary/aromatic N) is 4. The highest BCUT2D eigenvalue weighted by molar-refractivity contribution is 5.95. The van der Waals surface area contributed by atoms with Crippen LogP contribution in [0.3, 0.4) is 0 Å². The highest BCUT2D eigenvalue weighted by atomic mass is 16.5. The van der Waals surface area contributed by atoms with Gasteiger partial charge < -0.3 is 47.8 Å². The summed E-state index contributed by atoms with van der Waals surface area (Å²) in [6, 6.07) is 11.9. The monoisotopic (exact) mass is 729 g/mol. The van der Waals surface area contributed by atoms with E-state index in [9.17, 15) is 14.4 Å². The quantitative estimate of drug-likeness (QED) is 0.299. The van der Waals surface area contributed by atoms with Crippen molar-refractivity contribution < 1.29 is 42.5 Å². The van der Waals surface area contributed by atoms with E-state index >= 15 is 0 Å². The molecular weight excluding hydrogens is 682 g/mol. The molecule has 2 bridgehead atoms. The zero-order valence-electron chi connectivity index (χ0n) is 30.9. The zero-order chi connectivity index (χ0) is 37.5. The van der Waals surface area contributed by atoms with Crippen molar-refractivity contribution in [3.05, 3.63) is 77.5 Å². The third-order valence-electron chi connectivity index (χ3n) is 9.58. The summed E-state index contributed by atoms with van der Waals surface area (Å²) in [4.78, 5) is 49.2. The first-order chi connectivity index (χ1) is 25.7. The van der Waals surface area contributed by atoms with Gasteiger partial charge in [0.25, 0.3) is 11.8 Å². The van der Waals surface area contributed by atoms with Crippen LogP contribution in [0.25, 0.3) is 11.4 Å². The molecule has 6 rings (SSSR count). The second-order valence-corrected chi connectivity index (χ2v) is 13.1. The number of fused-ring (bicyclic) bond motifs is 4. The topological polar surface area (TPSA) is 147 Å². The van der Waals surface area contributed by atoms with E-state index in [1.165, 1.54) is 7.11 Å². The SMILES string of the molecule is COc1ccc([C@H]2NC(=O)CO[C@@H]2C(=O)N2CCCCN(C(=O)c3cc(C)oc3C)CCCOc3cc(ccc3OC)-c3nccn3CC2)cc1OC. The molecule has 3 amide bonds. The predicted molar refractivity (Wildman–Crippen MR) is 194 cm³/mol. The number of morpholine rings is 1. The Bertz CT molecular complexity index is 1920. The first-order valence-electron chi connectivity index (χ1n) is 17.8. The predicted octanol–water partition coefficient (Wildman–Crippen LogP) is 4.58. The van der Waals surface area contributed by atoms with Gasteiger partial charge in [0.1, 0.15) is 24.0 Å². The molecule has 14 nitrogen and oxygen atoms in total. The number of rotatable bonds is 6. The summed E-state index contributed by atoms with van der Waals surface area (Å²) in [6.45, 7) is 5.84. The van der Waals surface area contributed by atoms with Crippen molar-refractivity contribution in [1.29, 1.82) is 0 Å². The van der Waals surface area contributed by atoms with Crippen LogP contribution in [0, 0.1) is 13.8 Å². The molecule has 4 aromatic rings. The molecule has 14 heteroatoms. The molecule has 0 radical (unpaired) electrons. The second kappa shape index (κ2) is 16.9. The van der Waals surface area contributed by atoms with Gasteiger partial charge in [-0.2, -0.15) is 0 Å². The van der Waals surface area contributed by atoms with Crippen molar-refractivity contribution in [2.75, 3.05) is 60.7 Å². The van der Waals surface area contributed by atoms with Crippen LogP contribution in [0.1, 0.15) is 52.7 Å². The van der Waals surface area contributed by atoms with Crippen LogP contribution < -0.4 is 24.3 Å². The Labute approximate surface area is 308 Å². The molecule has 0 unspecified atom stereocenters. The molecule has 0 saturated carbocycles. The summed E-state index contributed by atoms with van der Waals surface area (Å²) in [6.07, 6.45) is 4.45. The van der Waals surface area contributed by atoms with E-state index in [1.54, 1.807) is 56.5 Å². The van der Waals surface area contributed by atoms with Gasteiger partial charge in [0.15, 0.2) is 29.1 Å². The van der Waals surface area contributed by atoms with Crippen molar-refractivity contribution >= 4 is 17.7 Å². The number of amides is 3. The molecule has 282 valence electrons. The van der Waals surface area contributed by atoms with Crippen molar-refractivity contribution in [1.82, 2.24) is 24.7 Å². The van der Waals surface area contributed by atoms with Gasteiger partial charge in [-0.1, -0.05) is 6.07 Å². The summed E-state index contributed by atoms with van der Waals surface area (Å²) in [5.41, 5.74) is 2.00. The molecule has 2 atom stereocenters. The number of methoxy groups -OCH3 is 3. The van der Waals surface area contributed by atoms with E-state index in [4.69, 9.17) is 28.1 Å². The smallest absolute Gasteiger partial charge is 0.257 e. The van der Waals surface area contributed by atoms with E-state index in [0.29, 0.717) is 110 Å². The fourth-order valence-electron chi connectivity index (χ4n) is 6.86. The third-order valence-corrected chi connectivity index (χ3v) is 9.58. The fraction of sp³-hybridized carbons (Fsp3) is 0.436. The van der Waals surface area contributed by atoms with Crippen molar-refractivity contribution in [2.45, 2.75) is 51.8 Å². The minimum atomic E-state index is -0.992. The molecule has 0 aliphatic carbocycles. The average Bonchev–Trinajstić information content (AvgIpc) is 3.78. The number of hydrogen-bond donors (Lipinski definition) is 1. The van der Waals surface area contributed by atoms with E-state index in [2.05, 4.69) is 10.3 Å². The van der Waals surface area contributed by atoms with Crippen LogP contribution in [0.15, 0.2) is 59.3 Å². The molecule has 0 spiro atoms. The summed E-state index contributed by atoms with van der Waals surface area (Å²) in [5.74, 6) is 3.41. The minimum Gasteiger partial charge on any atom is -0.493 e. The normalized spacial score (nSPS) is 18.6. The Balaban J connectivity index is 1.30. The minimum absolute atomic E-state index is 0.112. The largest absolute Gasteiger partial charge is 0.493 e. The Morgan fingerprint density at radius 1 is 0.849 bits per heavy atom. The summed E-state index contributed by atoms with van der Waals surface area (Å²) >= 11 is 0. The fourth-order valence-corrected chi connectivity index (χ4v) is 6.86. The number of imidazole rings is 1.